The maximum atomic E-state index is 12.6. The van der Waals surface area contributed by atoms with Crippen LogP contribution >= 0.6 is 0 Å². The minimum atomic E-state index is 0.168. The fourth-order valence-corrected chi connectivity index (χ4v) is 3.85. The van der Waals surface area contributed by atoms with Gasteiger partial charge in [0.25, 0.3) is 0 Å². The summed E-state index contributed by atoms with van der Waals surface area (Å²) in [6, 6.07) is 7.91. The largest absolute Gasteiger partial charge is 0.342 e. The number of carbonyl (C=O) groups excluding carboxylic acids is 1. The molecule has 1 aliphatic carbocycles. The molecule has 7 nitrogen and oxygen atoms in total. The Balaban J connectivity index is 1.27. The molecule has 7 heteroatoms. The van der Waals surface area contributed by atoms with Gasteiger partial charge < -0.3 is 4.90 Å². The van der Waals surface area contributed by atoms with Crippen LogP contribution in [0.2, 0.25) is 0 Å². The fourth-order valence-electron chi connectivity index (χ4n) is 3.85. The molecule has 0 N–H and O–H groups in total. The van der Waals surface area contributed by atoms with E-state index in [9.17, 15) is 4.79 Å². The Morgan fingerprint density at radius 1 is 1.04 bits per heavy atom. The van der Waals surface area contributed by atoms with Gasteiger partial charge in [-0.2, -0.15) is 9.61 Å². The number of rotatable bonds is 4. The molecule has 1 saturated heterocycles. The van der Waals surface area contributed by atoms with E-state index in [1.807, 2.05) is 27.6 Å². The van der Waals surface area contributed by atoms with Crippen molar-refractivity contribution in [3.05, 3.63) is 53.7 Å². The monoisotopic (exact) mass is 362 g/mol. The van der Waals surface area contributed by atoms with E-state index in [2.05, 4.69) is 21.2 Å². The summed E-state index contributed by atoms with van der Waals surface area (Å²) in [5, 5.41) is 13.5. The van der Waals surface area contributed by atoms with E-state index in [4.69, 9.17) is 5.10 Å². The van der Waals surface area contributed by atoms with Crippen molar-refractivity contribution in [1.29, 1.82) is 0 Å². The third-order valence-corrected chi connectivity index (χ3v) is 5.59. The lowest BCUT2D eigenvalue weighted by molar-refractivity contribution is -0.131. The Bertz CT molecular complexity index is 957. The molecule has 4 heterocycles. The Hall–Kier alpha value is -2.83. The molecular weight excluding hydrogens is 340 g/mol. The maximum absolute atomic E-state index is 12.6. The lowest BCUT2D eigenvalue weighted by atomic mass is 9.95. The van der Waals surface area contributed by atoms with Crippen LogP contribution in [-0.4, -0.2) is 48.7 Å². The normalized spacial score (nSPS) is 18.1. The third-order valence-electron chi connectivity index (χ3n) is 5.59. The van der Waals surface area contributed by atoms with Crippen LogP contribution in [0.4, 0.5) is 0 Å². The first-order valence-electron chi connectivity index (χ1n) is 9.67. The second kappa shape index (κ2) is 6.72. The lowest BCUT2D eigenvalue weighted by Crippen LogP contribution is -2.39. The zero-order chi connectivity index (χ0) is 18.2. The van der Waals surface area contributed by atoms with Crippen molar-refractivity contribution in [2.24, 2.45) is 0 Å². The van der Waals surface area contributed by atoms with Gasteiger partial charge in [0.15, 0.2) is 11.5 Å². The standard InChI is InChI=1S/C20H22N6O/c27-19(12-14-2-1-9-21-13-14)25-10-7-16(8-11-25)20-23-22-18-6-5-17(15-3-4-15)24-26(18)20/h1-2,5-6,9,13,15-16H,3-4,7-8,10-12H2. The first-order chi connectivity index (χ1) is 13.3. The van der Waals surface area contributed by atoms with Crippen molar-refractivity contribution >= 4 is 11.6 Å². The average Bonchev–Trinajstić information content (AvgIpc) is 3.48. The molecule has 0 bridgehead atoms. The van der Waals surface area contributed by atoms with Gasteiger partial charge in [-0.05, 0) is 49.4 Å². The highest BCUT2D eigenvalue weighted by Gasteiger charge is 2.29. The molecule has 3 aromatic heterocycles. The molecule has 1 saturated carbocycles. The predicted molar refractivity (Wildman–Crippen MR) is 99.3 cm³/mol. The van der Waals surface area contributed by atoms with Crippen molar-refractivity contribution in [2.45, 2.75) is 43.9 Å². The van der Waals surface area contributed by atoms with Gasteiger partial charge in [-0.15, -0.1) is 10.2 Å². The highest BCUT2D eigenvalue weighted by molar-refractivity contribution is 5.78. The molecule has 1 amide bonds. The van der Waals surface area contributed by atoms with Gasteiger partial charge in [-0.3, -0.25) is 9.78 Å². The van der Waals surface area contributed by atoms with E-state index >= 15 is 0 Å². The van der Waals surface area contributed by atoms with Crippen LogP contribution in [0.3, 0.4) is 0 Å². The molecule has 5 rings (SSSR count). The molecule has 0 spiro atoms. The summed E-state index contributed by atoms with van der Waals surface area (Å²) < 4.78 is 1.92. The van der Waals surface area contributed by atoms with Crippen LogP contribution in [-0.2, 0) is 11.2 Å². The Kier molecular flexibility index (Phi) is 4.07. The molecule has 0 radical (unpaired) electrons. The molecular formula is C20H22N6O. The summed E-state index contributed by atoms with van der Waals surface area (Å²) in [4.78, 5) is 18.6. The first-order valence-corrected chi connectivity index (χ1v) is 9.67. The van der Waals surface area contributed by atoms with Crippen LogP contribution in [0.5, 0.6) is 0 Å². The van der Waals surface area contributed by atoms with Gasteiger partial charge in [-0.25, -0.2) is 0 Å². The molecule has 0 aromatic carbocycles. The quantitative estimate of drug-likeness (QED) is 0.712. The van der Waals surface area contributed by atoms with E-state index in [1.54, 1.807) is 12.4 Å². The number of fused-ring (bicyclic) bond motifs is 1. The van der Waals surface area contributed by atoms with Gasteiger partial charge in [0.2, 0.25) is 5.91 Å². The second-order valence-corrected chi connectivity index (χ2v) is 7.55. The second-order valence-electron chi connectivity index (χ2n) is 7.55. The first kappa shape index (κ1) is 16.4. The van der Waals surface area contributed by atoms with Gasteiger partial charge >= 0.3 is 0 Å². The number of likely N-dealkylation sites (tertiary alicyclic amines) is 1. The van der Waals surface area contributed by atoms with Crippen molar-refractivity contribution in [2.75, 3.05) is 13.1 Å². The van der Waals surface area contributed by atoms with Gasteiger partial charge in [0.05, 0.1) is 12.1 Å². The van der Waals surface area contributed by atoms with E-state index in [-0.39, 0.29) is 5.91 Å². The number of aromatic nitrogens is 5. The number of carbonyl (C=O) groups is 1. The van der Waals surface area contributed by atoms with Crippen molar-refractivity contribution in [1.82, 2.24) is 29.7 Å². The number of amides is 1. The molecule has 0 atom stereocenters. The third kappa shape index (κ3) is 3.29. The lowest BCUT2D eigenvalue weighted by Gasteiger charge is -2.31. The van der Waals surface area contributed by atoms with E-state index in [0.29, 0.717) is 18.3 Å². The molecule has 2 fully saturated rings. The number of piperidine rings is 1. The molecule has 27 heavy (non-hydrogen) atoms. The van der Waals surface area contributed by atoms with Crippen molar-refractivity contribution < 1.29 is 4.79 Å². The number of hydrogen-bond acceptors (Lipinski definition) is 5. The van der Waals surface area contributed by atoms with Crippen LogP contribution in [0.15, 0.2) is 36.7 Å². The predicted octanol–water partition coefficient (Wildman–Crippen LogP) is 2.35. The van der Waals surface area contributed by atoms with Gasteiger partial charge in [0.1, 0.15) is 0 Å². The Labute approximate surface area is 157 Å². The number of pyridine rings is 1. The smallest absolute Gasteiger partial charge is 0.227 e. The van der Waals surface area contributed by atoms with E-state index in [0.717, 1.165) is 48.7 Å². The maximum Gasteiger partial charge on any atom is 0.227 e. The van der Waals surface area contributed by atoms with Crippen LogP contribution in [0.1, 0.15) is 54.6 Å². The highest BCUT2D eigenvalue weighted by atomic mass is 16.2. The minimum Gasteiger partial charge on any atom is -0.342 e. The summed E-state index contributed by atoms with van der Waals surface area (Å²) in [5.41, 5.74) is 2.92. The SMILES string of the molecule is O=C(Cc1cccnc1)N1CCC(c2nnc3ccc(C4CC4)nn23)CC1. The van der Waals surface area contributed by atoms with E-state index in [1.165, 1.54) is 12.8 Å². The summed E-state index contributed by atoms with van der Waals surface area (Å²) in [5.74, 6) is 2.01. The van der Waals surface area contributed by atoms with Gasteiger partial charge in [0, 0.05) is 37.3 Å². The zero-order valence-corrected chi connectivity index (χ0v) is 15.2. The van der Waals surface area contributed by atoms with Crippen LogP contribution in [0.25, 0.3) is 5.65 Å². The topological polar surface area (TPSA) is 76.3 Å². The molecule has 0 unspecified atom stereocenters. The van der Waals surface area contributed by atoms with E-state index < -0.39 is 0 Å². The number of nitrogens with zero attached hydrogens (tertiary/aromatic N) is 6. The minimum absolute atomic E-state index is 0.168. The molecule has 138 valence electrons. The molecule has 3 aromatic rings. The molecule has 2 aliphatic rings. The molecule has 1 aliphatic heterocycles. The highest BCUT2D eigenvalue weighted by Crippen LogP contribution is 2.39. The number of hydrogen-bond donors (Lipinski definition) is 0. The Morgan fingerprint density at radius 3 is 2.63 bits per heavy atom. The fraction of sp³-hybridized carbons (Fsp3) is 0.450. The van der Waals surface area contributed by atoms with Crippen molar-refractivity contribution in [3.8, 4) is 0 Å². The van der Waals surface area contributed by atoms with Crippen LogP contribution in [0, 0.1) is 0 Å². The van der Waals surface area contributed by atoms with Crippen LogP contribution < -0.4 is 0 Å². The summed E-state index contributed by atoms with van der Waals surface area (Å²) >= 11 is 0. The summed E-state index contributed by atoms with van der Waals surface area (Å²) in [6.07, 6.45) is 8.16. The van der Waals surface area contributed by atoms with Gasteiger partial charge in [-0.1, -0.05) is 6.07 Å². The van der Waals surface area contributed by atoms with Crippen molar-refractivity contribution in [3.63, 3.8) is 0 Å². The average molecular weight is 362 g/mol. The summed E-state index contributed by atoms with van der Waals surface area (Å²) in [7, 11) is 0. The summed E-state index contributed by atoms with van der Waals surface area (Å²) in [6.45, 7) is 1.50. The zero-order valence-electron chi connectivity index (χ0n) is 15.2. The Morgan fingerprint density at radius 2 is 1.89 bits per heavy atom.